The number of rotatable bonds is 6. The number of nitrogens with zero attached hydrogens (tertiary/aromatic N) is 1. The van der Waals surface area contributed by atoms with Crippen LogP contribution in [0.2, 0.25) is 5.02 Å². The Labute approximate surface area is 175 Å². The number of halogens is 1. The Hall–Kier alpha value is -2.50. The number of ether oxygens (including phenoxy) is 1. The molecule has 0 spiro atoms. The van der Waals surface area contributed by atoms with Crippen LogP contribution in [-0.2, 0) is 0 Å². The number of furan rings is 1. The van der Waals surface area contributed by atoms with Gasteiger partial charge < -0.3 is 14.5 Å². The molecule has 1 saturated heterocycles. The van der Waals surface area contributed by atoms with Gasteiger partial charge in [-0.15, -0.1) is 0 Å². The standard InChI is InChI=1S/C23H25ClN2O3/c1-15-19-13-17(24)7-10-21(19)29-22(15)23(27)25-14-20(26-11-3-4-12-26)16-5-8-18(28-2)9-6-16/h5-10,13,20H,3-4,11-12,14H2,1-2H3,(H,25,27)/t20-/m0/s1. The Morgan fingerprint density at radius 2 is 1.93 bits per heavy atom. The molecule has 1 fully saturated rings. The molecule has 2 heterocycles. The van der Waals surface area contributed by atoms with Crippen LogP contribution >= 0.6 is 11.6 Å². The molecule has 1 amide bonds. The molecular formula is C23H25ClN2O3. The third-order valence-electron chi connectivity index (χ3n) is 5.64. The van der Waals surface area contributed by atoms with Crippen molar-refractivity contribution in [2.24, 2.45) is 0 Å². The summed E-state index contributed by atoms with van der Waals surface area (Å²) in [5.41, 5.74) is 2.64. The van der Waals surface area contributed by atoms with Crippen molar-refractivity contribution < 1.29 is 13.9 Å². The Morgan fingerprint density at radius 1 is 1.21 bits per heavy atom. The van der Waals surface area contributed by atoms with Crippen molar-refractivity contribution in [3.8, 4) is 5.75 Å². The first-order chi connectivity index (χ1) is 14.1. The molecule has 29 heavy (non-hydrogen) atoms. The van der Waals surface area contributed by atoms with Gasteiger partial charge in [-0.3, -0.25) is 9.69 Å². The van der Waals surface area contributed by atoms with Crippen LogP contribution in [0.4, 0.5) is 0 Å². The lowest BCUT2D eigenvalue weighted by Gasteiger charge is -2.28. The molecule has 0 aliphatic carbocycles. The Morgan fingerprint density at radius 3 is 2.62 bits per heavy atom. The predicted octanol–water partition coefficient (Wildman–Crippen LogP) is 4.97. The van der Waals surface area contributed by atoms with E-state index in [1.165, 1.54) is 18.4 Å². The minimum atomic E-state index is -0.201. The van der Waals surface area contributed by atoms with Crippen LogP contribution in [0.1, 0.15) is 40.6 Å². The highest BCUT2D eigenvalue weighted by Gasteiger charge is 2.25. The van der Waals surface area contributed by atoms with Crippen LogP contribution in [0.15, 0.2) is 46.9 Å². The Kier molecular flexibility index (Phi) is 5.79. The van der Waals surface area contributed by atoms with Crippen LogP contribution in [0.3, 0.4) is 0 Å². The fourth-order valence-corrected chi connectivity index (χ4v) is 4.19. The van der Waals surface area contributed by atoms with Crippen LogP contribution in [0.5, 0.6) is 5.75 Å². The summed E-state index contributed by atoms with van der Waals surface area (Å²) in [6.45, 7) is 4.48. The molecule has 5 nitrogen and oxygen atoms in total. The fraction of sp³-hybridized carbons (Fsp3) is 0.348. The highest BCUT2D eigenvalue weighted by molar-refractivity contribution is 6.31. The van der Waals surface area contributed by atoms with Gasteiger partial charge in [-0.1, -0.05) is 23.7 Å². The van der Waals surface area contributed by atoms with Crippen LogP contribution in [-0.4, -0.2) is 37.6 Å². The van der Waals surface area contributed by atoms with Crippen molar-refractivity contribution in [3.05, 3.63) is 64.4 Å². The average molecular weight is 413 g/mol. The summed E-state index contributed by atoms with van der Waals surface area (Å²) in [5, 5.41) is 4.58. The molecular weight excluding hydrogens is 388 g/mol. The lowest BCUT2D eigenvalue weighted by Crippen LogP contribution is -2.36. The first-order valence-electron chi connectivity index (χ1n) is 9.91. The van der Waals surface area contributed by atoms with Crippen molar-refractivity contribution in [1.29, 1.82) is 0 Å². The van der Waals surface area contributed by atoms with Gasteiger partial charge >= 0.3 is 0 Å². The van der Waals surface area contributed by atoms with Crippen LogP contribution in [0, 0.1) is 6.92 Å². The van der Waals surface area contributed by atoms with E-state index < -0.39 is 0 Å². The van der Waals surface area contributed by atoms with Crippen LogP contribution < -0.4 is 10.1 Å². The van der Waals surface area contributed by atoms with E-state index in [0.717, 1.165) is 29.8 Å². The van der Waals surface area contributed by atoms with Gasteiger partial charge in [0, 0.05) is 22.5 Å². The van der Waals surface area contributed by atoms with E-state index in [2.05, 4.69) is 22.3 Å². The summed E-state index contributed by atoms with van der Waals surface area (Å²) in [4.78, 5) is 15.3. The summed E-state index contributed by atoms with van der Waals surface area (Å²) < 4.78 is 11.1. The second-order valence-electron chi connectivity index (χ2n) is 7.44. The zero-order valence-electron chi connectivity index (χ0n) is 16.7. The molecule has 6 heteroatoms. The molecule has 0 unspecified atom stereocenters. The lowest BCUT2D eigenvalue weighted by molar-refractivity contribution is 0.0911. The third kappa shape index (κ3) is 4.11. The molecule has 152 valence electrons. The maximum Gasteiger partial charge on any atom is 0.287 e. The quantitative estimate of drug-likeness (QED) is 0.621. The number of carbonyl (C=O) groups is 1. The fourth-order valence-electron chi connectivity index (χ4n) is 4.02. The van der Waals surface area contributed by atoms with Gasteiger partial charge in [0.25, 0.3) is 5.91 Å². The van der Waals surface area contributed by atoms with Gasteiger partial charge in [-0.2, -0.15) is 0 Å². The second-order valence-corrected chi connectivity index (χ2v) is 7.88. The van der Waals surface area contributed by atoms with Crippen molar-refractivity contribution in [2.45, 2.75) is 25.8 Å². The lowest BCUT2D eigenvalue weighted by atomic mass is 10.0. The largest absolute Gasteiger partial charge is 0.497 e. The van der Waals surface area contributed by atoms with Gasteiger partial charge in [0.2, 0.25) is 0 Å². The Bertz CT molecular complexity index is 1010. The number of hydrogen-bond donors (Lipinski definition) is 1. The number of carbonyl (C=O) groups excluding carboxylic acids is 1. The van der Waals surface area contributed by atoms with E-state index in [4.69, 9.17) is 20.8 Å². The minimum Gasteiger partial charge on any atom is -0.497 e. The van der Waals surface area contributed by atoms with Gasteiger partial charge in [0.05, 0.1) is 13.2 Å². The smallest absolute Gasteiger partial charge is 0.287 e. The molecule has 0 bridgehead atoms. The molecule has 2 aromatic carbocycles. The van der Waals surface area contributed by atoms with Crippen molar-refractivity contribution in [3.63, 3.8) is 0 Å². The molecule has 1 N–H and O–H groups in total. The van der Waals surface area contributed by atoms with E-state index >= 15 is 0 Å². The number of nitrogens with one attached hydrogen (secondary N) is 1. The monoisotopic (exact) mass is 412 g/mol. The zero-order chi connectivity index (χ0) is 20.4. The van der Waals surface area contributed by atoms with E-state index in [-0.39, 0.29) is 11.9 Å². The summed E-state index contributed by atoms with van der Waals surface area (Å²) in [5.74, 6) is 0.971. The highest BCUT2D eigenvalue weighted by Crippen LogP contribution is 2.29. The number of likely N-dealkylation sites (tertiary alicyclic amines) is 1. The topological polar surface area (TPSA) is 54.7 Å². The van der Waals surface area contributed by atoms with E-state index in [1.807, 2.05) is 25.1 Å². The SMILES string of the molecule is COc1ccc([C@H](CNC(=O)c2oc3ccc(Cl)cc3c2C)N2CCCC2)cc1. The molecule has 4 rings (SSSR count). The van der Waals surface area contributed by atoms with Gasteiger partial charge in [0.15, 0.2) is 5.76 Å². The number of fused-ring (bicyclic) bond motifs is 1. The zero-order valence-corrected chi connectivity index (χ0v) is 17.5. The number of benzene rings is 2. The molecule has 0 saturated carbocycles. The van der Waals surface area contributed by atoms with Crippen molar-refractivity contribution in [2.75, 3.05) is 26.7 Å². The second kappa shape index (κ2) is 8.47. The van der Waals surface area contributed by atoms with Crippen molar-refractivity contribution in [1.82, 2.24) is 10.2 Å². The van der Waals surface area contributed by atoms with Crippen molar-refractivity contribution >= 4 is 28.5 Å². The molecule has 3 aromatic rings. The van der Waals surface area contributed by atoms with E-state index in [0.29, 0.717) is 22.9 Å². The number of aryl methyl sites for hydroxylation is 1. The summed E-state index contributed by atoms with van der Waals surface area (Å²) in [7, 11) is 1.66. The maximum absolute atomic E-state index is 12.9. The summed E-state index contributed by atoms with van der Waals surface area (Å²) in [6, 6.07) is 13.6. The molecule has 1 atom stereocenters. The maximum atomic E-state index is 12.9. The molecule has 1 aromatic heterocycles. The Balaban J connectivity index is 1.53. The minimum absolute atomic E-state index is 0.117. The van der Waals surface area contributed by atoms with E-state index in [1.54, 1.807) is 19.2 Å². The number of methoxy groups -OCH3 is 1. The molecule has 1 aliphatic heterocycles. The molecule has 1 aliphatic rings. The molecule has 0 radical (unpaired) electrons. The summed E-state index contributed by atoms with van der Waals surface area (Å²) >= 11 is 6.09. The van der Waals surface area contributed by atoms with E-state index in [9.17, 15) is 4.79 Å². The number of amides is 1. The summed E-state index contributed by atoms with van der Waals surface area (Å²) in [6.07, 6.45) is 2.37. The van der Waals surface area contributed by atoms with Crippen LogP contribution in [0.25, 0.3) is 11.0 Å². The van der Waals surface area contributed by atoms with Gasteiger partial charge in [-0.05, 0) is 68.8 Å². The first kappa shape index (κ1) is 19.8. The van der Waals surface area contributed by atoms with Gasteiger partial charge in [-0.25, -0.2) is 0 Å². The number of hydrogen-bond acceptors (Lipinski definition) is 4. The highest BCUT2D eigenvalue weighted by atomic mass is 35.5. The predicted molar refractivity (Wildman–Crippen MR) is 115 cm³/mol. The first-order valence-corrected chi connectivity index (χ1v) is 10.3. The normalized spacial score (nSPS) is 15.6. The average Bonchev–Trinajstić information content (AvgIpc) is 3.37. The van der Waals surface area contributed by atoms with Gasteiger partial charge in [0.1, 0.15) is 11.3 Å². The third-order valence-corrected chi connectivity index (χ3v) is 5.88.